The molecule has 0 saturated carbocycles. The third-order valence-corrected chi connectivity index (χ3v) is 4.61. The molecule has 0 saturated heterocycles. The normalized spacial score (nSPS) is 10.4. The summed E-state index contributed by atoms with van der Waals surface area (Å²) >= 11 is 0. The quantitative estimate of drug-likeness (QED) is 0.510. The Morgan fingerprint density at radius 1 is 0.844 bits per heavy atom. The first kappa shape index (κ1) is 20.7. The van der Waals surface area contributed by atoms with Gasteiger partial charge in [0.2, 0.25) is 5.43 Å². The molecule has 0 aliphatic heterocycles. The number of hydrogen-bond donors (Lipinski definition) is 2. The second kappa shape index (κ2) is 9.05. The molecule has 8 heteroatoms. The van der Waals surface area contributed by atoms with E-state index in [1.165, 1.54) is 16.8 Å². The Morgan fingerprint density at radius 2 is 1.62 bits per heavy atom. The van der Waals surface area contributed by atoms with E-state index in [1.807, 2.05) is 30.3 Å². The average molecular weight is 425 g/mol. The third-order valence-electron chi connectivity index (χ3n) is 4.61. The summed E-state index contributed by atoms with van der Waals surface area (Å²) in [7, 11) is 0. The molecule has 2 aromatic carbocycles. The van der Waals surface area contributed by atoms with Crippen LogP contribution in [0.25, 0.3) is 5.69 Å². The number of nitrogens with zero attached hydrogens (tertiary/aromatic N) is 3. The van der Waals surface area contributed by atoms with E-state index in [0.717, 1.165) is 5.69 Å². The summed E-state index contributed by atoms with van der Waals surface area (Å²) in [6.45, 7) is 1.74. The molecule has 32 heavy (non-hydrogen) atoms. The van der Waals surface area contributed by atoms with E-state index in [1.54, 1.807) is 49.5 Å². The predicted octanol–water partition coefficient (Wildman–Crippen LogP) is 3.44. The maximum atomic E-state index is 12.8. The Kier molecular flexibility index (Phi) is 5.85. The zero-order valence-electron chi connectivity index (χ0n) is 17.1. The molecule has 0 aliphatic carbocycles. The van der Waals surface area contributed by atoms with Gasteiger partial charge < -0.3 is 10.6 Å². The van der Waals surface area contributed by atoms with E-state index in [-0.39, 0.29) is 11.6 Å². The lowest BCUT2D eigenvalue weighted by Crippen LogP contribution is -2.27. The molecule has 4 aromatic rings. The number of para-hydroxylation sites is 1. The zero-order chi connectivity index (χ0) is 22.5. The van der Waals surface area contributed by atoms with Crippen LogP contribution in [-0.2, 0) is 0 Å². The van der Waals surface area contributed by atoms with Crippen molar-refractivity contribution >= 4 is 23.3 Å². The van der Waals surface area contributed by atoms with E-state index in [0.29, 0.717) is 22.8 Å². The zero-order valence-corrected chi connectivity index (χ0v) is 17.1. The number of amides is 2. The molecular weight excluding hydrogens is 406 g/mol. The highest BCUT2D eigenvalue weighted by Gasteiger charge is 2.16. The van der Waals surface area contributed by atoms with Gasteiger partial charge in [-0.3, -0.25) is 14.4 Å². The Bertz CT molecular complexity index is 1330. The van der Waals surface area contributed by atoms with Crippen LogP contribution in [0.3, 0.4) is 0 Å². The number of aryl methyl sites for hydroxylation is 1. The van der Waals surface area contributed by atoms with E-state index in [4.69, 9.17) is 0 Å². The highest BCUT2D eigenvalue weighted by Crippen LogP contribution is 2.14. The Morgan fingerprint density at radius 3 is 2.38 bits per heavy atom. The van der Waals surface area contributed by atoms with Crippen molar-refractivity contribution in [2.75, 3.05) is 10.6 Å². The molecule has 2 amide bonds. The van der Waals surface area contributed by atoms with Gasteiger partial charge in [0, 0.05) is 29.2 Å². The first-order valence-electron chi connectivity index (χ1n) is 9.81. The fraction of sp³-hybridized carbons (Fsp3) is 0.0417. The number of nitrogens with one attached hydrogen (secondary N) is 2. The summed E-state index contributed by atoms with van der Waals surface area (Å²) in [5.74, 6) is -0.626. The summed E-state index contributed by atoms with van der Waals surface area (Å²) in [6, 6.07) is 22.1. The van der Waals surface area contributed by atoms with Crippen molar-refractivity contribution in [2.24, 2.45) is 0 Å². The molecule has 0 bridgehead atoms. The van der Waals surface area contributed by atoms with Gasteiger partial charge in [-0.15, -0.1) is 0 Å². The first-order chi connectivity index (χ1) is 15.5. The number of pyridine rings is 1. The summed E-state index contributed by atoms with van der Waals surface area (Å²) < 4.78 is 1.53. The van der Waals surface area contributed by atoms with Crippen LogP contribution < -0.4 is 16.1 Å². The molecule has 158 valence electrons. The van der Waals surface area contributed by atoms with Crippen LogP contribution in [0.1, 0.15) is 26.5 Å². The van der Waals surface area contributed by atoms with Crippen molar-refractivity contribution in [1.82, 2.24) is 14.8 Å². The van der Waals surface area contributed by atoms with Crippen molar-refractivity contribution in [3.63, 3.8) is 0 Å². The predicted molar refractivity (Wildman–Crippen MR) is 121 cm³/mol. The number of rotatable bonds is 5. The third kappa shape index (κ3) is 4.59. The minimum atomic E-state index is -0.665. The number of hydrogen-bond acceptors (Lipinski definition) is 5. The molecule has 0 aliphatic rings. The smallest absolute Gasteiger partial charge is 0.280 e. The van der Waals surface area contributed by atoms with Gasteiger partial charge in [0.05, 0.1) is 5.69 Å². The van der Waals surface area contributed by atoms with E-state index in [2.05, 4.69) is 20.7 Å². The Hall–Kier alpha value is -4.59. The lowest BCUT2D eigenvalue weighted by atomic mass is 10.2. The van der Waals surface area contributed by atoms with Crippen molar-refractivity contribution in [3.8, 4) is 5.69 Å². The van der Waals surface area contributed by atoms with Crippen molar-refractivity contribution < 1.29 is 9.59 Å². The van der Waals surface area contributed by atoms with Crippen LogP contribution in [0.4, 0.5) is 11.5 Å². The maximum Gasteiger partial charge on any atom is 0.280 e. The molecule has 4 rings (SSSR count). The second-order valence-electron chi connectivity index (χ2n) is 6.95. The van der Waals surface area contributed by atoms with Crippen LogP contribution >= 0.6 is 0 Å². The van der Waals surface area contributed by atoms with Crippen LogP contribution in [0.5, 0.6) is 0 Å². The van der Waals surface area contributed by atoms with E-state index < -0.39 is 11.3 Å². The average Bonchev–Trinajstić information content (AvgIpc) is 2.80. The standard InChI is InChI=1S/C24H19N5O3/c1-16-14-20(30)22(28-29(16)19-10-3-2-4-11-19)24(32)26-18-9-7-8-17(15-18)23(31)27-21-12-5-6-13-25-21/h2-15H,1H3,(H,26,32)(H,25,27,31). The van der Waals surface area contributed by atoms with Gasteiger partial charge in [-0.2, -0.15) is 5.10 Å². The van der Waals surface area contributed by atoms with Gasteiger partial charge in [0.1, 0.15) is 5.82 Å². The fourth-order valence-electron chi connectivity index (χ4n) is 3.09. The van der Waals surface area contributed by atoms with Gasteiger partial charge in [0.25, 0.3) is 11.8 Å². The topological polar surface area (TPSA) is 106 Å². The number of benzene rings is 2. The molecule has 0 spiro atoms. The SMILES string of the molecule is Cc1cc(=O)c(C(=O)Nc2cccc(C(=O)Nc3ccccn3)c2)nn1-c1ccccc1. The van der Waals surface area contributed by atoms with E-state index >= 15 is 0 Å². The molecule has 0 radical (unpaired) electrons. The van der Waals surface area contributed by atoms with Gasteiger partial charge >= 0.3 is 0 Å². The van der Waals surface area contributed by atoms with Gasteiger partial charge in [-0.05, 0) is 49.4 Å². The second-order valence-corrected chi connectivity index (χ2v) is 6.95. The van der Waals surface area contributed by atoms with Crippen LogP contribution in [0, 0.1) is 6.92 Å². The first-order valence-corrected chi connectivity index (χ1v) is 9.81. The van der Waals surface area contributed by atoms with Crippen LogP contribution in [0.2, 0.25) is 0 Å². The molecule has 8 nitrogen and oxygen atoms in total. The lowest BCUT2D eigenvalue weighted by Gasteiger charge is -2.11. The lowest BCUT2D eigenvalue weighted by molar-refractivity contribution is 0.101. The molecule has 2 N–H and O–H groups in total. The van der Waals surface area contributed by atoms with Crippen molar-refractivity contribution in [1.29, 1.82) is 0 Å². The summed E-state index contributed by atoms with van der Waals surface area (Å²) in [6.07, 6.45) is 1.57. The molecular formula is C24H19N5O3. The van der Waals surface area contributed by atoms with Crippen molar-refractivity contribution in [3.05, 3.63) is 112 Å². The molecule has 0 atom stereocenters. The highest BCUT2D eigenvalue weighted by molar-refractivity contribution is 6.06. The van der Waals surface area contributed by atoms with Gasteiger partial charge in [-0.25, -0.2) is 9.67 Å². The van der Waals surface area contributed by atoms with Crippen molar-refractivity contribution in [2.45, 2.75) is 6.92 Å². The summed E-state index contributed by atoms with van der Waals surface area (Å²) in [5, 5.41) is 9.59. The number of carbonyl (C=O) groups excluding carboxylic acids is 2. The minimum absolute atomic E-state index is 0.247. The highest BCUT2D eigenvalue weighted by atomic mass is 16.2. The Labute approximate surface area is 183 Å². The minimum Gasteiger partial charge on any atom is -0.320 e. The monoisotopic (exact) mass is 425 g/mol. The number of aromatic nitrogens is 3. The largest absolute Gasteiger partial charge is 0.320 e. The maximum absolute atomic E-state index is 12.8. The van der Waals surface area contributed by atoms with Crippen LogP contribution in [0.15, 0.2) is 89.9 Å². The molecule has 2 aromatic heterocycles. The van der Waals surface area contributed by atoms with Gasteiger partial charge in [-0.1, -0.05) is 30.3 Å². The molecule has 2 heterocycles. The summed E-state index contributed by atoms with van der Waals surface area (Å²) in [5.41, 5.74) is 1.28. The van der Waals surface area contributed by atoms with E-state index in [9.17, 15) is 14.4 Å². The molecule has 0 fully saturated rings. The summed E-state index contributed by atoms with van der Waals surface area (Å²) in [4.78, 5) is 41.8. The van der Waals surface area contributed by atoms with Crippen LogP contribution in [-0.4, -0.2) is 26.6 Å². The fourth-order valence-corrected chi connectivity index (χ4v) is 3.09. The number of carbonyl (C=O) groups is 2. The Balaban J connectivity index is 1.56. The van der Waals surface area contributed by atoms with Gasteiger partial charge in [0.15, 0.2) is 5.69 Å². The number of anilines is 2. The molecule has 0 unspecified atom stereocenters.